The van der Waals surface area contributed by atoms with E-state index in [9.17, 15) is 9.59 Å². The van der Waals surface area contributed by atoms with Gasteiger partial charge >= 0.3 is 0 Å². The van der Waals surface area contributed by atoms with E-state index in [-0.39, 0.29) is 28.3 Å². The molecule has 0 unspecified atom stereocenters. The lowest BCUT2D eigenvalue weighted by molar-refractivity contribution is -0.134. The molecule has 2 heteroatoms. The number of rotatable bonds is 4. The lowest BCUT2D eigenvalue weighted by Gasteiger charge is -2.61. The maximum atomic E-state index is 14.3. The fourth-order valence-electron chi connectivity index (χ4n) is 9.54. The van der Waals surface area contributed by atoms with E-state index in [0.717, 1.165) is 30.4 Å². The molecule has 0 amide bonds. The van der Waals surface area contributed by atoms with Crippen LogP contribution in [0.5, 0.6) is 0 Å². The largest absolute Gasteiger partial charge is 0.294 e. The molecule has 3 aliphatic carbocycles. The van der Waals surface area contributed by atoms with Crippen LogP contribution in [-0.4, -0.2) is 11.6 Å². The summed E-state index contributed by atoms with van der Waals surface area (Å²) in [4.78, 5) is 27.0. The van der Waals surface area contributed by atoms with Crippen LogP contribution in [0.4, 0.5) is 0 Å². The molecular weight excluding hydrogens is 500 g/mol. The van der Waals surface area contributed by atoms with E-state index in [1.807, 2.05) is 6.92 Å². The van der Waals surface area contributed by atoms with E-state index < -0.39 is 5.41 Å². The molecule has 0 spiro atoms. The predicted octanol–water partition coefficient (Wildman–Crippen LogP) is 10.1. The third kappa shape index (κ3) is 4.03. The lowest BCUT2D eigenvalue weighted by Crippen LogP contribution is -2.56. The molecule has 0 fully saturated rings. The first-order valence-electron chi connectivity index (χ1n) is 15.4. The van der Waals surface area contributed by atoms with Crippen LogP contribution in [0.15, 0.2) is 59.2 Å². The quantitative estimate of drug-likeness (QED) is 0.281. The van der Waals surface area contributed by atoms with Gasteiger partial charge in [0.1, 0.15) is 0 Å². The molecule has 5 rings (SSSR count). The first-order valence-corrected chi connectivity index (χ1v) is 15.4. The van der Waals surface area contributed by atoms with Gasteiger partial charge in [0.05, 0.1) is 11.0 Å². The Morgan fingerprint density at radius 3 is 2.27 bits per heavy atom. The molecule has 216 valence electrons. The van der Waals surface area contributed by atoms with Gasteiger partial charge in [-0.25, -0.2) is 0 Å². The third-order valence-electron chi connectivity index (χ3n) is 11.4. The number of hydrogen-bond acceptors (Lipinski definition) is 2. The van der Waals surface area contributed by atoms with Crippen LogP contribution in [0.2, 0.25) is 0 Å². The average Bonchev–Trinajstić information content (AvgIpc) is 2.85. The average molecular weight is 549 g/mol. The summed E-state index contributed by atoms with van der Waals surface area (Å²) in [5.41, 5.74) is 13.6. The third-order valence-corrected chi connectivity index (χ3v) is 11.4. The monoisotopic (exact) mass is 548 g/mol. The highest BCUT2D eigenvalue weighted by molar-refractivity contribution is 6.23. The highest BCUT2D eigenvalue weighted by atomic mass is 16.1. The summed E-state index contributed by atoms with van der Waals surface area (Å²) >= 11 is 0. The number of hydrogen-bond donors (Lipinski definition) is 0. The number of ketones is 2. The second-order valence-corrected chi connectivity index (χ2v) is 14.6. The number of carbonyl (C=O) groups excluding carboxylic acids is 2. The standard InChI is InChI=1S/C39H48O2/c1-21(2)28-14-13-15-29(16-28)31-17-30(22(3)4)32-19-37(10)20-38(11)18-23(5)33(27(9)40)36(41)39(38,12)26(8)35(37)25(7)34(32)24(31)6/h13-17,22,25H,1,18-20H2,2-12H3/t25-,37+,38-,39-/m0/s1. The van der Waals surface area contributed by atoms with E-state index in [4.69, 9.17) is 0 Å². The van der Waals surface area contributed by atoms with Gasteiger partial charge in [-0.15, -0.1) is 0 Å². The molecule has 0 aliphatic heterocycles. The van der Waals surface area contributed by atoms with Crippen LogP contribution in [0.3, 0.4) is 0 Å². The fourth-order valence-corrected chi connectivity index (χ4v) is 9.54. The van der Waals surface area contributed by atoms with Crippen molar-refractivity contribution < 1.29 is 9.59 Å². The van der Waals surface area contributed by atoms with E-state index in [1.165, 1.54) is 50.1 Å². The molecule has 2 nitrogen and oxygen atoms in total. The first-order chi connectivity index (χ1) is 19.0. The van der Waals surface area contributed by atoms with E-state index in [2.05, 4.69) is 99.2 Å². The maximum Gasteiger partial charge on any atom is 0.176 e. The van der Waals surface area contributed by atoms with E-state index in [0.29, 0.717) is 11.5 Å². The van der Waals surface area contributed by atoms with Gasteiger partial charge in [-0.2, -0.15) is 0 Å². The Morgan fingerprint density at radius 1 is 1.02 bits per heavy atom. The zero-order chi connectivity index (χ0) is 30.4. The smallest absolute Gasteiger partial charge is 0.176 e. The summed E-state index contributed by atoms with van der Waals surface area (Å²) in [5.74, 6) is 0.528. The predicted molar refractivity (Wildman–Crippen MR) is 172 cm³/mol. The van der Waals surface area contributed by atoms with Crippen LogP contribution < -0.4 is 0 Å². The molecule has 0 radical (unpaired) electrons. The van der Waals surface area contributed by atoms with Crippen molar-refractivity contribution in [1.29, 1.82) is 0 Å². The Bertz CT molecular complexity index is 1590. The molecule has 3 aliphatic rings. The van der Waals surface area contributed by atoms with Gasteiger partial charge in [0, 0.05) is 5.92 Å². The molecule has 0 N–H and O–H groups in total. The van der Waals surface area contributed by atoms with Crippen LogP contribution in [0.25, 0.3) is 16.7 Å². The molecule has 0 heterocycles. The molecule has 0 saturated carbocycles. The molecule has 2 aromatic carbocycles. The fraction of sp³-hybridized carbons (Fsp3) is 0.487. The Kier molecular flexibility index (Phi) is 6.84. The summed E-state index contributed by atoms with van der Waals surface area (Å²) in [7, 11) is 0. The van der Waals surface area contributed by atoms with Gasteiger partial charge in [-0.3, -0.25) is 9.59 Å². The van der Waals surface area contributed by atoms with E-state index >= 15 is 0 Å². The normalized spacial score (nSPS) is 29.4. The number of allylic oxidation sites excluding steroid dienone is 5. The lowest BCUT2D eigenvalue weighted by atomic mass is 9.41. The van der Waals surface area contributed by atoms with Crippen LogP contribution in [0, 0.1) is 23.2 Å². The first kappa shape index (κ1) is 29.5. The molecule has 0 bridgehead atoms. The number of Topliss-reactive ketones (excluding diaryl/α,β-unsaturated/α-hetero) is 2. The Labute approximate surface area is 248 Å². The van der Waals surface area contributed by atoms with Gasteiger partial charge in [0.25, 0.3) is 0 Å². The van der Waals surface area contributed by atoms with Crippen LogP contribution >= 0.6 is 0 Å². The van der Waals surface area contributed by atoms with Gasteiger partial charge in [0.15, 0.2) is 11.6 Å². The summed E-state index contributed by atoms with van der Waals surface area (Å²) < 4.78 is 0. The highest BCUT2D eigenvalue weighted by Crippen LogP contribution is 2.68. The Morgan fingerprint density at radius 2 is 1.68 bits per heavy atom. The molecule has 0 saturated heterocycles. The molecule has 41 heavy (non-hydrogen) atoms. The second-order valence-electron chi connectivity index (χ2n) is 14.6. The van der Waals surface area contributed by atoms with Crippen molar-refractivity contribution in [1.82, 2.24) is 0 Å². The topological polar surface area (TPSA) is 34.1 Å². The molecular formula is C39H48O2. The minimum absolute atomic E-state index is 0.0336. The van der Waals surface area contributed by atoms with Gasteiger partial charge < -0.3 is 0 Å². The summed E-state index contributed by atoms with van der Waals surface area (Å²) in [6.45, 7) is 28.2. The number of benzene rings is 2. The van der Waals surface area contributed by atoms with Gasteiger partial charge in [-0.1, -0.05) is 87.8 Å². The van der Waals surface area contributed by atoms with Crippen molar-refractivity contribution in [2.75, 3.05) is 0 Å². The summed E-state index contributed by atoms with van der Waals surface area (Å²) in [5, 5.41) is 0. The SMILES string of the molecule is C=C(C)c1cccc(-c2cc(C(C)C)c3c(c2C)[C@H](C)C2=C(C)[C@@]4(C)C(=O)C(C(C)=O)=C(C)C[C@@]4(C)C[C@@]2(C)C3)c1. The van der Waals surface area contributed by atoms with Crippen molar-refractivity contribution in [3.8, 4) is 11.1 Å². The van der Waals surface area contributed by atoms with Gasteiger partial charge in [-0.05, 0) is 123 Å². The van der Waals surface area contributed by atoms with Crippen molar-refractivity contribution in [2.45, 2.75) is 107 Å². The highest BCUT2D eigenvalue weighted by Gasteiger charge is 2.62. The Hall–Kier alpha value is -3.00. The van der Waals surface area contributed by atoms with Crippen molar-refractivity contribution >= 4 is 17.1 Å². The summed E-state index contributed by atoms with van der Waals surface area (Å²) in [6, 6.07) is 11.2. The molecule has 2 aromatic rings. The van der Waals surface area contributed by atoms with E-state index in [1.54, 1.807) is 6.92 Å². The second kappa shape index (κ2) is 9.51. The zero-order valence-corrected chi connectivity index (χ0v) is 27.2. The van der Waals surface area contributed by atoms with Crippen molar-refractivity contribution in [3.05, 3.63) is 87.0 Å². The van der Waals surface area contributed by atoms with Crippen molar-refractivity contribution in [3.63, 3.8) is 0 Å². The van der Waals surface area contributed by atoms with Crippen LogP contribution in [0.1, 0.15) is 122 Å². The zero-order valence-electron chi connectivity index (χ0n) is 27.2. The minimum Gasteiger partial charge on any atom is -0.294 e. The maximum absolute atomic E-state index is 14.3. The van der Waals surface area contributed by atoms with Crippen molar-refractivity contribution in [2.24, 2.45) is 16.2 Å². The van der Waals surface area contributed by atoms with Gasteiger partial charge in [0.2, 0.25) is 0 Å². The summed E-state index contributed by atoms with van der Waals surface area (Å²) in [6.07, 6.45) is 2.72. The van der Waals surface area contributed by atoms with Crippen LogP contribution in [-0.2, 0) is 16.0 Å². The molecule has 0 aromatic heterocycles. The number of carbonyl (C=O) groups is 2. The number of fused-ring (bicyclic) bond motifs is 3. The minimum atomic E-state index is -0.684. The Balaban J connectivity index is 1.79. The molecule has 4 atom stereocenters.